The molecule has 1 aliphatic rings. The van der Waals surface area contributed by atoms with Crippen LogP contribution in [0.3, 0.4) is 0 Å². The van der Waals surface area contributed by atoms with Crippen molar-refractivity contribution >= 4 is 17.8 Å². The summed E-state index contributed by atoms with van der Waals surface area (Å²) < 4.78 is 5.06. The molecule has 8 nitrogen and oxygen atoms in total. The van der Waals surface area contributed by atoms with Gasteiger partial charge in [0, 0.05) is 32.7 Å². The summed E-state index contributed by atoms with van der Waals surface area (Å²) in [6, 6.07) is 13.4. The predicted molar refractivity (Wildman–Crippen MR) is 117 cm³/mol. The summed E-state index contributed by atoms with van der Waals surface area (Å²) >= 11 is 0. The number of benzene rings is 1. The molecule has 0 aliphatic carbocycles. The van der Waals surface area contributed by atoms with Crippen LogP contribution in [0.25, 0.3) is 0 Å². The highest BCUT2D eigenvalue weighted by Crippen LogP contribution is 2.23. The number of hydrogen-bond donors (Lipinski definition) is 1. The van der Waals surface area contributed by atoms with E-state index in [-0.39, 0.29) is 12.6 Å². The lowest BCUT2D eigenvalue weighted by molar-refractivity contribution is 0.0525. The maximum absolute atomic E-state index is 12.6. The van der Waals surface area contributed by atoms with Gasteiger partial charge in [0.25, 0.3) is 0 Å². The van der Waals surface area contributed by atoms with Crippen LogP contribution >= 0.6 is 0 Å². The molecule has 1 N–H and O–H groups in total. The Morgan fingerprint density at radius 3 is 2.68 bits per heavy atom. The number of hydrogen-bond acceptors (Lipinski definition) is 6. The summed E-state index contributed by atoms with van der Waals surface area (Å²) in [4.78, 5) is 33.1. The van der Waals surface area contributed by atoms with Crippen molar-refractivity contribution < 1.29 is 14.3 Å². The van der Waals surface area contributed by atoms with E-state index >= 15 is 0 Å². The minimum Gasteiger partial charge on any atom is -0.462 e. The standard InChI is InChI=1S/C23H27N5O3/c1-3-31-22(29)20-14-19(15-24)21(26-17(20)2)27-10-7-11-28(13-12-27)23(30)25-16-18-8-5-4-6-9-18/h4-6,8-9,14H,3,7,10-13,16H2,1-2H3,(H,25,30). The van der Waals surface area contributed by atoms with E-state index in [0.29, 0.717) is 55.4 Å². The molecule has 0 radical (unpaired) electrons. The van der Waals surface area contributed by atoms with Crippen molar-refractivity contribution in [3.63, 3.8) is 0 Å². The fourth-order valence-corrected chi connectivity index (χ4v) is 3.55. The molecule has 1 aromatic carbocycles. The van der Waals surface area contributed by atoms with E-state index < -0.39 is 5.97 Å². The van der Waals surface area contributed by atoms with E-state index in [1.807, 2.05) is 35.2 Å². The summed E-state index contributed by atoms with van der Waals surface area (Å²) in [5, 5.41) is 12.6. The molecule has 2 heterocycles. The normalized spacial score (nSPS) is 13.8. The first-order valence-corrected chi connectivity index (χ1v) is 10.4. The summed E-state index contributed by atoms with van der Waals surface area (Å²) in [5.41, 5.74) is 2.20. The maximum atomic E-state index is 12.6. The number of aromatic nitrogens is 1. The van der Waals surface area contributed by atoms with Crippen molar-refractivity contribution in [3.8, 4) is 6.07 Å². The molecule has 2 amide bonds. The third-order valence-electron chi connectivity index (χ3n) is 5.18. The first-order valence-electron chi connectivity index (χ1n) is 10.4. The van der Waals surface area contributed by atoms with Gasteiger partial charge in [-0.15, -0.1) is 0 Å². The van der Waals surface area contributed by atoms with Gasteiger partial charge in [-0.2, -0.15) is 5.26 Å². The Bertz CT molecular complexity index is 971. The number of amides is 2. The maximum Gasteiger partial charge on any atom is 0.340 e. The van der Waals surface area contributed by atoms with Gasteiger partial charge in [0.15, 0.2) is 0 Å². The van der Waals surface area contributed by atoms with E-state index in [0.717, 1.165) is 12.0 Å². The Labute approximate surface area is 182 Å². The number of carbonyl (C=O) groups is 2. The minimum atomic E-state index is -0.479. The van der Waals surface area contributed by atoms with Gasteiger partial charge in [-0.1, -0.05) is 30.3 Å². The smallest absolute Gasteiger partial charge is 0.340 e. The van der Waals surface area contributed by atoms with Crippen LogP contribution in [-0.4, -0.2) is 54.7 Å². The number of ether oxygens (including phenoxy) is 1. The number of pyridine rings is 1. The zero-order valence-corrected chi connectivity index (χ0v) is 17.9. The minimum absolute atomic E-state index is 0.104. The number of nitriles is 1. The van der Waals surface area contributed by atoms with E-state index in [1.165, 1.54) is 0 Å². The Kier molecular flexibility index (Phi) is 7.44. The first kappa shape index (κ1) is 22.1. The number of nitrogens with zero attached hydrogens (tertiary/aromatic N) is 4. The van der Waals surface area contributed by atoms with Gasteiger partial charge in [-0.25, -0.2) is 14.6 Å². The van der Waals surface area contributed by atoms with E-state index in [2.05, 4.69) is 16.4 Å². The predicted octanol–water partition coefficient (Wildman–Crippen LogP) is 2.86. The summed E-state index contributed by atoms with van der Waals surface area (Å²) in [7, 11) is 0. The fourth-order valence-electron chi connectivity index (χ4n) is 3.55. The van der Waals surface area contributed by atoms with Crippen molar-refractivity contribution in [2.45, 2.75) is 26.8 Å². The molecule has 0 saturated carbocycles. The van der Waals surface area contributed by atoms with Gasteiger partial charge in [0.1, 0.15) is 11.9 Å². The van der Waals surface area contributed by atoms with E-state index in [1.54, 1.807) is 24.8 Å². The SMILES string of the molecule is CCOC(=O)c1cc(C#N)c(N2CCCN(C(=O)NCc3ccccc3)CC2)nc1C. The molecule has 162 valence electrons. The van der Waals surface area contributed by atoms with Crippen LogP contribution in [0.15, 0.2) is 36.4 Å². The second kappa shape index (κ2) is 10.4. The molecule has 1 fully saturated rings. The number of carbonyl (C=O) groups excluding carboxylic acids is 2. The highest BCUT2D eigenvalue weighted by Gasteiger charge is 2.23. The van der Waals surface area contributed by atoms with Crippen LogP contribution in [0, 0.1) is 18.3 Å². The summed E-state index contributed by atoms with van der Waals surface area (Å²) in [5.74, 6) is 0.0623. The van der Waals surface area contributed by atoms with Crippen molar-refractivity contribution in [1.29, 1.82) is 5.26 Å². The largest absolute Gasteiger partial charge is 0.462 e. The quantitative estimate of drug-likeness (QED) is 0.746. The van der Waals surface area contributed by atoms with E-state index in [9.17, 15) is 14.9 Å². The second-order valence-corrected chi connectivity index (χ2v) is 7.30. The summed E-state index contributed by atoms with van der Waals surface area (Å²) in [6.07, 6.45) is 0.754. The van der Waals surface area contributed by atoms with Gasteiger partial charge in [0.2, 0.25) is 0 Å². The number of urea groups is 1. The Morgan fingerprint density at radius 1 is 1.19 bits per heavy atom. The van der Waals surface area contributed by atoms with Crippen molar-refractivity contribution in [2.75, 3.05) is 37.7 Å². The van der Waals surface area contributed by atoms with E-state index in [4.69, 9.17) is 4.74 Å². The lowest BCUT2D eigenvalue weighted by Gasteiger charge is -2.24. The average molecular weight is 422 g/mol. The van der Waals surface area contributed by atoms with Crippen LogP contribution in [-0.2, 0) is 11.3 Å². The molecule has 31 heavy (non-hydrogen) atoms. The second-order valence-electron chi connectivity index (χ2n) is 7.30. The highest BCUT2D eigenvalue weighted by molar-refractivity contribution is 5.91. The lowest BCUT2D eigenvalue weighted by atomic mass is 10.1. The van der Waals surface area contributed by atoms with Gasteiger partial charge in [-0.3, -0.25) is 0 Å². The molecule has 2 aromatic rings. The van der Waals surface area contributed by atoms with Crippen LogP contribution in [0.1, 0.15) is 40.5 Å². The van der Waals surface area contributed by atoms with Crippen LogP contribution in [0.4, 0.5) is 10.6 Å². The Hall–Kier alpha value is -3.60. The Morgan fingerprint density at radius 2 is 1.97 bits per heavy atom. The summed E-state index contributed by atoms with van der Waals surface area (Å²) in [6.45, 7) is 6.58. The Balaban J connectivity index is 1.67. The van der Waals surface area contributed by atoms with Crippen LogP contribution in [0.2, 0.25) is 0 Å². The fraction of sp³-hybridized carbons (Fsp3) is 0.391. The zero-order valence-electron chi connectivity index (χ0n) is 17.9. The molecule has 0 spiro atoms. The highest BCUT2D eigenvalue weighted by atomic mass is 16.5. The third kappa shape index (κ3) is 5.51. The van der Waals surface area contributed by atoms with Crippen molar-refractivity contribution in [2.24, 2.45) is 0 Å². The number of anilines is 1. The van der Waals surface area contributed by atoms with Gasteiger partial charge in [0.05, 0.1) is 23.4 Å². The van der Waals surface area contributed by atoms with Crippen molar-refractivity contribution in [1.82, 2.24) is 15.2 Å². The number of aryl methyl sites for hydroxylation is 1. The van der Waals surface area contributed by atoms with Crippen LogP contribution < -0.4 is 10.2 Å². The first-order chi connectivity index (χ1) is 15.0. The average Bonchev–Trinajstić information content (AvgIpc) is 3.04. The molecule has 8 heteroatoms. The zero-order chi connectivity index (χ0) is 22.2. The third-order valence-corrected chi connectivity index (χ3v) is 5.18. The molecule has 0 bridgehead atoms. The van der Waals surface area contributed by atoms with Gasteiger partial charge < -0.3 is 19.9 Å². The molecule has 1 aromatic heterocycles. The van der Waals surface area contributed by atoms with Crippen LogP contribution in [0.5, 0.6) is 0 Å². The molecule has 0 atom stereocenters. The van der Waals surface area contributed by atoms with Gasteiger partial charge >= 0.3 is 12.0 Å². The van der Waals surface area contributed by atoms with Gasteiger partial charge in [-0.05, 0) is 31.9 Å². The number of nitrogens with one attached hydrogen (secondary N) is 1. The number of rotatable bonds is 5. The number of esters is 1. The molecular weight excluding hydrogens is 394 g/mol. The molecule has 1 saturated heterocycles. The van der Waals surface area contributed by atoms with Crippen molar-refractivity contribution in [3.05, 3.63) is 58.8 Å². The topological polar surface area (TPSA) is 98.6 Å². The monoisotopic (exact) mass is 421 g/mol. The molecule has 0 unspecified atom stereocenters. The molecular formula is C23H27N5O3. The lowest BCUT2D eigenvalue weighted by Crippen LogP contribution is -2.41. The molecule has 1 aliphatic heterocycles. The molecule has 3 rings (SSSR count).